The lowest BCUT2D eigenvalue weighted by Crippen LogP contribution is -2.42. The van der Waals surface area contributed by atoms with Crippen molar-refractivity contribution in [3.05, 3.63) is 128 Å². The zero-order chi connectivity index (χ0) is 44.5. The number of rotatable bonds is 14. The van der Waals surface area contributed by atoms with E-state index in [1.54, 1.807) is 42.7 Å². The predicted octanol–water partition coefficient (Wildman–Crippen LogP) is 6.26. The Kier molecular flexibility index (Phi) is 19.5. The number of hydrazine groups is 1. The summed E-state index contributed by atoms with van der Waals surface area (Å²) in [6.07, 6.45) is 1.71. The second kappa shape index (κ2) is 24.0. The molecule has 0 unspecified atom stereocenters. The van der Waals surface area contributed by atoms with Gasteiger partial charge >= 0.3 is 0 Å². The number of halogens is 2. The van der Waals surface area contributed by atoms with Gasteiger partial charge in [-0.05, 0) is 102 Å². The summed E-state index contributed by atoms with van der Waals surface area (Å²) in [6.45, 7) is 18.7. The molecule has 5 rings (SSSR count). The van der Waals surface area contributed by atoms with Crippen molar-refractivity contribution >= 4 is 40.9 Å². The number of carbonyl (C=O) groups excluding carboxylic acids is 2. The fraction of sp³-hybridized carbons (Fsp3) is 0.372. The van der Waals surface area contributed by atoms with Crippen molar-refractivity contribution in [2.24, 2.45) is 40.1 Å². The first-order valence-corrected chi connectivity index (χ1v) is 20.5. The number of hydrogen-bond acceptors (Lipinski definition) is 11. The van der Waals surface area contributed by atoms with Crippen LogP contribution in [0.3, 0.4) is 0 Å². The molecule has 0 spiro atoms. The summed E-state index contributed by atoms with van der Waals surface area (Å²) >= 11 is 12.1. The average molecular weight is 861 g/mol. The van der Waals surface area contributed by atoms with Crippen LogP contribution >= 0.6 is 23.2 Å². The van der Waals surface area contributed by atoms with E-state index in [2.05, 4.69) is 49.7 Å². The molecule has 0 saturated heterocycles. The van der Waals surface area contributed by atoms with Crippen LogP contribution in [-0.4, -0.2) is 53.9 Å². The van der Waals surface area contributed by atoms with Crippen molar-refractivity contribution in [3.63, 3.8) is 0 Å². The number of hydrazone groups is 1. The smallest absolute Gasteiger partial charge is 0.270 e. The maximum absolute atomic E-state index is 12.8. The Hall–Kier alpha value is -5.45. The molecule has 0 fully saturated rings. The number of hydrogen-bond donors (Lipinski definition) is 6. The van der Waals surface area contributed by atoms with E-state index in [1.807, 2.05) is 70.4 Å². The molecule has 2 aromatic carbocycles. The second-order valence-corrected chi connectivity index (χ2v) is 15.5. The summed E-state index contributed by atoms with van der Waals surface area (Å²) in [5.41, 5.74) is 18.5. The highest BCUT2D eigenvalue weighted by Gasteiger charge is 2.18. The van der Waals surface area contributed by atoms with Crippen molar-refractivity contribution in [1.82, 2.24) is 40.4 Å². The van der Waals surface area contributed by atoms with Gasteiger partial charge in [0.2, 0.25) is 0 Å². The zero-order valence-corrected chi connectivity index (χ0v) is 37.3. The quantitative estimate of drug-likeness (QED) is 0.0316. The number of amidine groups is 1. The molecule has 0 radical (unpaired) electrons. The zero-order valence-electron chi connectivity index (χ0n) is 35.8. The molecule has 0 atom stereocenters. The van der Waals surface area contributed by atoms with E-state index in [4.69, 9.17) is 46.4 Å². The van der Waals surface area contributed by atoms with Gasteiger partial charge in [0, 0.05) is 60.6 Å². The standard InChI is InChI=1S/C21H25ClN6O.C20H28ClN7O.C2H6/c1-13(2)11-28-12-25-27-20(28)16-6-14(3)26-19(8-16)21(29)24-10-17-7-18(22)5-4-15(17)9-23;1-12(2)11-28(24)19(27-23)17-6-13(3)7-18(26-17)20(29)25-10-15-8-16(21)5-4-14(15)9-22;1-2/h4-8,12-13H,9-11,23H2,1-3H3,(H,24,29);4-8,12H,9-11,22-24H2,1-3H3,(H,25,29);1-2H3/b;27-19-;. The van der Waals surface area contributed by atoms with Crippen LogP contribution in [0.2, 0.25) is 10.0 Å². The number of carbonyl (C=O) groups is 2. The number of amides is 2. The number of aromatic nitrogens is 5. The Balaban J connectivity index is 0.000000308. The Labute approximate surface area is 363 Å². The van der Waals surface area contributed by atoms with Crippen LogP contribution in [0.5, 0.6) is 0 Å². The maximum Gasteiger partial charge on any atom is 0.270 e. The highest BCUT2D eigenvalue weighted by molar-refractivity contribution is 6.31. The van der Waals surface area contributed by atoms with Gasteiger partial charge in [0.25, 0.3) is 11.8 Å². The number of aryl methyl sites for hydroxylation is 2. The van der Waals surface area contributed by atoms with Crippen molar-refractivity contribution in [2.75, 3.05) is 6.54 Å². The van der Waals surface area contributed by atoms with Gasteiger partial charge in [-0.15, -0.1) is 10.2 Å². The van der Waals surface area contributed by atoms with E-state index in [1.165, 1.54) is 5.01 Å². The third-order valence-electron chi connectivity index (χ3n) is 8.66. The minimum Gasteiger partial charge on any atom is -0.347 e. The topological polar surface area (TPSA) is 234 Å². The molecular weight excluding hydrogens is 801 g/mol. The van der Waals surface area contributed by atoms with Gasteiger partial charge in [-0.25, -0.2) is 15.8 Å². The summed E-state index contributed by atoms with van der Waals surface area (Å²) in [5.74, 6) is 12.8. The average Bonchev–Trinajstić information content (AvgIpc) is 3.67. The van der Waals surface area contributed by atoms with E-state index in [9.17, 15) is 9.59 Å². The molecule has 0 aliphatic heterocycles. The van der Waals surface area contributed by atoms with Gasteiger partial charge in [-0.2, -0.15) is 5.10 Å². The summed E-state index contributed by atoms with van der Waals surface area (Å²) in [5, 5.41) is 20.4. The lowest BCUT2D eigenvalue weighted by Gasteiger charge is -2.22. The van der Waals surface area contributed by atoms with Crippen molar-refractivity contribution in [2.45, 2.75) is 88.1 Å². The van der Waals surface area contributed by atoms with E-state index in [0.717, 1.165) is 51.4 Å². The lowest BCUT2D eigenvalue weighted by molar-refractivity contribution is 0.0938. The molecule has 0 bridgehead atoms. The first-order chi connectivity index (χ1) is 28.6. The van der Waals surface area contributed by atoms with Crippen LogP contribution in [0.1, 0.15) is 102 Å². The van der Waals surface area contributed by atoms with E-state index < -0.39 is 0 Å². The molecule has 0 aliphatic carbocycles. The van der Waals surface area contributed by atoms with Crippen LogP contribution in [0.25, 0.3) is 11.4 Å². The van der Waals surface area contributed by atoms with Crippen molar-refractivity contribution in [3.8, 4) is 11.4 Å². The van der Waals surface area contributed by atoms with E-state index in [0.29, 0.717) is 65.3 Å². The number of pyridine rings is 2. The van der Waals surface area contributed by atoms with E-state index >= 15 is 0 Å². The Morgan fingerprint density at radius 2 is 1.30 bits per heavy atom. The summed E-state index contributed by atoms with van der Waals surface area (Å²) in [6, 6.07) is 18.0. The van der Waals surface area contributed by atoms with Crippen LogP contribution in [0.15, 0.2) is 72.1 Å². The molecule has 3 aromatic heterocycles. The van der Waals surface area contributed by atoms with Gasteiger partial charge < -0.3 is 32.5 Å². The molecule has 3 heterocycles. The first-order valence-electron chi connectivity index (χ1n) is 19.8. The monoisotopic (exact) mass is 859 g/mol. The molecule has 2 amide bonds. The van der Waals surface area contributed by atoms with Crippen molar-refractivity contribution < 1.29 is 9.59 Å². The third kappa shape index (κ3) is 14.4. The third-order valence-corrected chi connectivity index (χ3v) is 9.13. The molecule has 0 saturated carbocycles. The molecule has 17 heteroatoms. The number of benzene rings is 2. The Bertz CT molecular complexity index is 2220. The lowest BCUT2D eigenvalue weighted by atomic mass is 10.1. The maximum atomic E-state index is 12.8. The van der Waals surface area contributed by atoms with Crippen LogP contribution < -0.4 is 33.8 Å². The van der Waals surface area contributed by atoms with Gasteiger partial charge in [0.15, 0.2) is 11.7 Å². The molecular formula is C43H59Cl2N13O2. The number of nitrogens with zero attached hydrogens (tertiary/aromatic N) is 7. The minimum atomic E-state index is -0.332. The fourth-order valence-electron chi connectivity index (χ4n) is 6.03. The molecule has 15 nitrogen and oxygen atoms in total. The SMILES string of the molecule is CC.Cc1cc(-c2nncn2CC(C)C)cc(C(=O)NCc2cc(Cl)ccc2CN)n1.Cc1cc(C(=O)NCc2cc(Cl)ccc2CN)nc(/C(=N/N)N(N)CC(C)C)c1. The molecule has 5 aromatic rings. The molecule has 60 heavy (non-hydrogen) atoms. The highest BCUT2D eigenvalue weighted by atomic mass is 35.5. The van der Waals surface area contributed by atoms with Crippen molar-refractivity contribution in [1.29, 1.82) is 0 Å². The summed E-state index contributed by atoms with van der Waals surface area (Å²) in [7, 11) is 0. The first kappa shape index (κ1) is 48.9. The van der Waals surface area contributed by atoms with Gasteiger partial charge in [-0.1, -0.05) is 76.9 Å². The van der Waals surface area contributed by atoms with Gasteiger partial charge in [0.1, 0.15) is 23.4 Å². The number of nitrogens with two attached hydrogens (primary N) is 4. The predicted molar refractivity (Wildman–Crippen MR) is 241 cm³/mol. The van der Waals surface area contributed by atoms with Crippen LogP contribution in [0, 0.1) is 25.7 Å². The summed E-state index contributed by atoms with van der Waals surface area (Å²) in [4.78, 5) is 34.3. The van der Waals surface area contributed by atoms with Gasteiger partial charge in [-0.3, -0.25) is 14.6 Å². The fourth-order valence-corrected chi connectivity index (χ4v) is 6.42. The van der Waals surface area contributed by atoms with E-state index in [-0.39, 0.29) is 24.1 Å². The second-order valence-electron chi connectivity index (χ2n) is 14.6. The Morgan fingerprint density at radius 1 is 0.767 bits per heavy atom. The minimum absolute atomic E-state index is 0.246. The van der Waals surface area contributed by atoms with Crippen LogP contribution in [0.4, 0.5) is 0 Å². The largest absolute Gasteiger partial charge is 0.347 e. The Morgan fingerprint density at radius 3 is 1.80 bits per heavy atom. The normalized spacial score (nSPS) is 11.1. The van der Waals surface area contributed by atoms with Gasteiger partial charge in [0.05, 0.1) is 0 Å². The number of nitrogens with one attached hydrogen (secondary N) is 2. The molecule has 10 N–H and O–H groups in total. The molecule has 322 valence electrons. The molecule has 0 aliphatic rings. The highest BCUT2D eigenvalue weighted by Crippen LogP contribution is 2.21. The summed E-state index contributed by atoms with van der Waals surface area (Å²) < 4.78 is 1.99. The van der Waals surface area contributed by atoms with Crippen LogP contribution in [-0.2, 0) is 32.7 Å².